The van der Waals surface area contributed by atoms with Crippen molar-refractivity contribution in [1.82, 2.24) is 0 Å². The lowest BCUT2D eigenvalue weighted by Crippen LogP contribution is -2.56. The average molecular weight is 447 g/mol. The molecule has 0 aliphatic carbocycles. The van der Waals surface area contributed by atoms with Gasteiger partial charge in [0.1, 0.15) is 29.8 Å². The summed E-state index contributed by atoms with van der Waals surface area (Å²) < 4.78 is 16.3. The highest BCUT2D eigenvalue weighted by atomic mass is 16.5. The molecule has 4 rings (SSSR count). The van der Waals surface area contributed by atoms with E-state index in [0.717, 1.165) is 5.56 Å². The molecule has 1 unspecified atom stereocenters. The zero-order valence-electron chi connectivity index (χ0n) is 18.9. The minimum atomic E-state index is -0.822. The van der Waals surface area contributed by atoms with E-state index in [1.807, 2.05) is 37.3 Å². The number of hydrogen-bond acceptors (Lipinski definition) is 5. The van der Waals surface area contributed by atoms with E-state index in [2.05, 4.69) is 0 Å². The predicted molar refractivity (Wildman–Crippen MR) is 126 cm³/mol. The van der Waals surface area contributed by atoms with Gasteiger partial charge in [0.15, 0.2) is 0 Å². The fourth-order valence-corrected chi connectivity index (χ4v) is 3.99. The lowest BCUT2D eigenvalue weighted by molar-refractivity contribution is -0.128. The van der Waals surface area contributed by atoms with Crippen molar-refractivity contribution in [3.05, 3.63) is 78.4 Å². The number of amides is 2. The second-order valence-corrected chi connectivity index (χ2v) is 7.47. The van der Waals surface area contributed by atoms with Gasteiger partial charge in [-0.3, -0.25) is 19.4 Å². The van der Waals surface area contributed by atoms with Crippen LogP contribution in [0.3, 0.4) is 0 Å². The fourth-order valence-electron chi connectivity index (χ4n) is 3.99. The lowest BCUT2D eigenvalue weighted by atomic mass is 9.99. The molecule has 7 heteroatoms. The van der Waals surface area contributed by atoms with Crippen molar-refractivity contribution in [2.75, 3.05) is 37.2 Å². The molecule has 0 aromatic heterocycles. The van der Waals surface area contributed by atoms with E-state index >= 15 is 0 Å². The van der Waals surface area contributed by atoms with Crippen molar-refractivity contribution < 1.29 is 23.8 Å². The first-order valence-corrected chi connectivity index (χ1v) is 10.7. The Bertz CT molecular complexity index is 1130. The van der Waals surface area contributed by atoms with Gasteiger partial charge in [0.2, 0.25) is 5.91 Å². The molecule has 3 aromatic carbocycles. The lowest BCUT2D eigenvalue weighted by Gasteiger charge is -2.40. The predicted octanol–water partition coefficient (Wildman–Crippen LogP) is 4.22. The number of carbonyl (C=O) groups is 2. The van der Waals surface area contributed by atoms with Crippen molar-refractivity contribution in [2.24, 2.45) is 0 Å². The van der Waals surface area contributed by atoms with E-state index < -0.39 is 6.04 Å². The maximum atomic E-state index is 13.9. The van der Waals surface area contributed by atoms with Crippen LogP contribution in [0.4, 0.5) is 11.4 Å². The number of anilines is 2. The van der Waals surface area contributed by atoms with E-state index in [1.165, 1.54) is 12.0 Å². The summed E-state index contributed by atoms with van der Waals surface area (Å²) in [6.07, 6.45) is 0. The van der Waals surface area contributed by atoms with Crippen LogP contribution in [0.25, 0.3) is 0 Å². The Hall–Kier alpha value is -4.00. The smallest absolute Gasteiger partial charge is 0.255 e. The van der Waals surface area contributed by atoms with Gasteiger partial charge in [0.25, 0.3) is 5.91 Å². The summed E-state index contributed by atoms with van der Waals surface area (Å²) in [6, 6.07) is 20.9. The van der Waals surface area contributed by atoms with Crippen LogP contribution in [0.1, 0.15) is 18.5 Å². The molecule has 0 saturated carbocycles. The fraction of sp³-hybridized carbons (Fsp3) is 0.231. The van der Waals surface area contributed by atoms with Crippen LogP contribution in [0, 0.1) is 0 Å². The molecule has 0 bridgehead atoms. The first-order chi connectivity index (χ1) is 16.1. The summed E-state index contributed by atoms with van der Waals surface area (Å²) in [5, 5.41) is 0. The van der Waals surface area contributed by atoms with Crippen molar-refractivity contribution in [3.8, 4) is 17.2 Å². The number of methoxy groups -OCH3 is 2. The third kappa shape index (κ3) is 4.35. The summed E-state index contributed by atoms with van der Waals surface area (Å²) in [4.78, 5) is 30.4. The zero-order valence-corrected chi connectivity index (χ0v) is 18.9. The number of benzene rings is 3. The van der Waals surface area contributed by atoms with Gasteiger partial charge in [-0.25, -0.2) is 0 Å². The minimum absolute atomic E-state index is 0.113. The maximum absolute atomic E-state index is 13.9. The minimum Gasteiger partial charge on any atom is -0.497 e. The van der Waals surface area contributed by atoms with Gasteiger partial charge in [0, 0.05) is 11.8 Å². The summed E-state index contributed by atoms with van der Waals surface area (Å²) in [5.74, 6) is 1.33. The van der Waals surface area contributed by atoms with Gasteiger partial charge in [-0.2, -0.15) is 0 Å². The molecule has 1 aliphatic rings. The quantitative estimate of drug-likeness (QED) is 0.544. The molecule has 3 aromatic rings. The molecule has 0 radical (unpaired) electrons. The second-order valence-electron chi connectivity index (χ2n) is 7.47. The topological polar surface area (TPSA) is 68.3 Å². The Morgan fingerprint density at radius 2 is 1.58 bits per heavy atom. The van der Waals surface area contributed by atoms with E-state index in [0.29, 0.717) is 35.2 Å². The molecular weight excluding hydrogens is 420 g/mol. The molecule has 1 heterocycles. The number of piperazine rings is 1. The van der Waals surface area contributed by atoms with Gasteiger partial charge in [-0.05, 0) is 48.9 Å². The molecule has 1 fully saturated rings. The summed E-state index contributed by atoms with van der Waals surface area (Å²) in [7, 11) is 3.08. The molecule has 1 atom stereocenters. The molecule has 1 saturated heterocycles. The third-order valence-electron chi connectivity index (χ3n) is 5.54. The van der Waals surface area contributed by atoms with Crippen LogP contribution in [-0.4, -0.2) is 39.2 Å². The SMILES string of the molecule is CCOc1ccc(N2C(=O)CN(c3ccc(OC)cc3OC)C(=O)C2c2ccccc2)cc1. The van der Waals surface area contributed by atoms with Crippen molar-refractivity contribution in [2.45, 2.75) is 13.0 Å². The molecule has 0 N–H and O–H groups in total. The van der Waals surface area contributed by atoms with Crippen LogP contribution < -0.4 is 24.0 Å². The summed E-state index contributed by atoms with van der Waals surface area (Å²) in [6.45, 7) is 2.35. The number of ether oxygens (including phenoxy) is 3. The van der Waals surface area contributed by atoms with Crippen molar-refractivity contribution in [3.63, 3.8) is 0 Å². The molecular formula is C26H26N2O5. The largest absolute Gasteiger partial charge is 0.497 e. The molecule has 7 nitrogen and oxygen atoms in total. The highest BCUT2D eigenvalue weighted by molar-refractivity contribution is 6.15. The van der Waals surface area contributed by atoms with E-state index in [9.17, 15) is 9.59 Å². The van der Waals surface area contributed by atoms with Crippen LogP contribution >= 0.6 is 0 Å². The van der Waals surface area contributed by atoms with Gasteiger partial charge in [0.05, 0.1) is 26.5 Å². The average Bonchev–Trinajstić information content (AvgIpc) is 2.86. The summed E-state index contributed by atoms with van der Waals surface area (Å²) in [5.41, 5.74) is 1.87. The van der Waals surface area contributed by atoms with E-state index in [-0.39, 0.29) is 18.4 Å². The van der Waals surface area contributed by atoms with E-state index in [1.54, 1.807) is 54.5 Å². The summed E-state index contributed by atoms with van der Waals surface area (Å²) >= 11 is 0. The van der Waals surface area contributed by atoms with Gasteiger partial charge >= 0.3 is 0 Å². The molecule has 2 amide bonds. The Morgan fingerprint density at radius 1 is 0.879 bits per heavy atom. The Kier molecular flexibility index (Phi) is 6.49. The first-order valence-electron chi connectivity index (χ1n) is 10.7. The Labute approximate surface area is 193 Å². The number of hydrogen-bond donors (Lipinski definition) is 0. The Balaban J connectivity index is 1.77. The van der Waals surface area contributed by atoms with E-state index in [4.69, 9.17) is 14.2 Å². The van der Waals surface area contributed by atoms with Crippen LogP contribution in [0.5, 0.6) is 17.2 Å². The highest BCUT2D eigenvalue weighted by Gasteiger charge is 2.42. The number of carbonyl (C=O) groups excluding carboxylic acids is 2. The zero-order chi connectivity index (χ0) is 23.4. The van der Waals surface area contributed by atoms with Gasteiger partial charge < -0.3 is 14.2 Å². The van der Waals surface area contributed by atoms with Crippen molar-refractivity contribution >= 4 is 23.2 Å². The second kappa shape index (κ2) is 9.65. The van der Waals surface area contributed by atoms with Gasteiger partial charge in [-0.1, -0.05) is 30.3 Å². The first kappa shape index (κ1) is 22.2. The number of nitrogens with zero attached hydrogens (tertiary/aromatic N) is 2. The molecule has 170 valence electrons. The van der Waals surface area contributed by atoms with Crippen molar-refractivity contribution in [1.29, 1.82) is 0 Å². The van der Waals surface area contributed by atoms with Crippen LogP contribution in [0.2, 0.25) is 0 Å². The molecule has 0 spiro atoms. The molecule has 33 heavy (non-hydrogen) atoms. The van der Waals surface area contributed by atoms with Crippen LogP contribution in [-0.2, 0) is 9.59 Å². The highest BCUT2D eigenvalue weighted by Crippen LogP contribution is 2.39. The third-order valence-corrected chi connectivity index (χ3v) is 5.54. The van der Waals surface area contributed by atoms with Gasteiger partial charge in [-0.15, -0.1) is 0 Å². The Morgan fingerprint density at radius 3 is 2.21 bits per heavy atom. The number of rotatable bonds is 7. The normalized spacial score (nSPS) is 16.0. The van der Waals surface area contributed by atoms with Crippen LogP contribution in [0.15, 0.2) is 72.8 Å². The standard InChI is InChI=1S/C26H26N2O5/c1-4-33-20-12-10-19(11-13-20)28-24(29)17-27(22-15-14-21(31-2)16-23(22)32-3)26(30)25(28)18-8-6-5-7-9-18/h5-16,25H,4,17H2,1-3H3. The molecule has 1 aliphatic heterocycles. The monoisotopic (exact) mass is 446 g/mol. The maximum Gasteiger partial charge on any atom is 0.255 e.